The number of nitrogens with one attached hydrogen (secondary N) is 1. The molecular weight excluding hydrogens is 356 g/mol. The number of nitrogens with two attached hydrogens (primary N) is 1. The van der Waals surface area contributed by atoms with Crippen molar-refractivity contribution in [2.75, 3.05) is 11.1 Å². The highest BCUT2D eigenvalue weighted by atomic mass is 16.3. The summed E-state index contributed by atoms with van der Waals surface area (Å²) < 4.78 is 1.82. The van der Waals surface area contributed by atoms with Gasteiger partial charge in [-0.25, -0.2) is 14.6 Å². The number of aromatic nitrogens is 4. The molecule has 140 valence electrons. The second-order valence-corrected chi connectivity index (χ2v) is 6.79. The molecule has 2 heterocycles. The van der Waals surface area contributed by atoms with E-state index in [0.717, 1.165) is 24.0 Å². The largest absolute Gasteiger partial charge is 0.508 e. The molecule has 5 N–H and O–H groups in total. The van der Waals surface area contributed by atoms with Crippen LogP contribution in [-0.4, -0.2) is 30.0 Å². The van der Waals surface area contributed by atoms with Crippen molar-refractivity contribution in [3.8, 4) is 11.5 Å². The zero-order valence-electron chi connectivity index (χ0n) is 14.9. The molecule has 1 unspecified atom stereocenters. The van der Waals surface area contributed by atoms with Crippen LogP contribution in [0.15, 0.2) is 48.8 Å². The third-order valence-corrected chi connectivity index (χ3v) is 5.18. The van der Waals surface area contributed by atoms with Crippen molar-refractivity contribution >= 4 is 28.4 Å². The molecule has 0 radical (unpaired) electrons. The minimum absolute atomic E-state index is 0.0705. The van der Waals surface area contributed by atoms with Crippen LogP contribution in [0.1, 0.15) is 23.6 Å². The number of nitrogens with zero attached hydrogens (tertiary/aromatic N) is 4. The van der Waals surface area contributed by atoms with Crippen molar-refractivity contribution in [1.82, 2.24) is 19.7 Å². The second-order valence-electron chi connectivity index (χ2n) is 6.79. The van der Waals surface area contributed by atoms with E-state index in [4.69, 9.17) is 10.8 Å². The summed E-state index contributed by atoms with van der Waals surface area (Å²) in [5, 5.41) is 28.7. The second kappa shape index (κ2) is 6.12. The Morgan fingerprint density at radius 1 is 1.04 bits per heavy atom. The van der Waals surface area contributed by atoms with Crippen LogP contribution >= 0.6 is 0 Å². The predicted octanol–water partition coefficient (Wildman–Crippen LogP) is 3.10. The summed E-state index contributed by atoms with van der Waals surface area (Å²) in [6, 6.07) is 12.4. The fraction of sp³-hybridized carbons (Fsp3) is 0.150. The number of nitrogen functional groups attached to an aromatic ring is 1. The van der Waals surface area contributed by atoms with Gasteiger partial charge in [-0.3, -0.25) is 0 Å². The molecule has 0 bridgehead atoms. The lowest BCUT2D eigenvalue weighted by molar-refractivity contribution is 0.469. The van der Waals surface area contributed by atoms with Gasteiger partial charge in [0.15, 0.2) is 11.5 Å². The van der Waals surface area contributed by atoms with Crippen LogP contribution in [0.5, 0.6) is 11.5 Å². The highest BCUT2D eigenvalue weighted by Crippen LogP contribution is 2.41. The van der Waals surface area contributed by atoms with Gasteiger partial charge in [0.1, 0.15) is 29.0 Å². The molecular formula is C20H18N6O2. The Morgan fingerprint density at radius 2 is 1.86 bits per heavy atom. The number of rotatable bonds is 3. The van der Waals surface area contributed by atoms with Crippen molar-refractivity contribution in [2.45, 2.75) is 18.9 Å². The first-order chi connectivity index (χ1) is 13.6. The van der Waals surface area contributed by atoms with Crippen LogP contribution in [-0.2, 0) is 6.42 Å². The third kappa shape index (κ3) is 2.42. The van der Waals surface area contributed by atoms with E-state index in [-0.39, 0.29) is 11.8 Å². The smallest absolute Gasteiger partial charge is 0.166 e. The number of hydrogen-bond donors (Lipinski definition) is 4. The molecule has 4 aromatic rings. The molecule has 0 saturated carbocycles. The summed E-state index contributed by atoms with van der Waals surface area (Å²) in [4.78, 5) is 8.51. The Hall–Kier alpha value is -3.81. The van der Waals surface area contributed by atoms with Crippen LogP contribution in [0.2, 0.25) is 0 Å². The Balaban J connectivity index is 1.67. The van der Waals surface area contributed by atoms with Crippen LogP contribution in [0.3, 0.4) is 0 Å². The number of para-hydroxylation sites is 2. The highest BCUT2D eigenvalue weighted by Gasteiger charge is 2.30. The van der Waals surface area contributed by atoms with Crippen LogP contribution < -0.4 is 11.1 Å². The lowest BCUT2D eigenvalue weighted by Gasteiger charge is -2.13. The molecule has 28 heavy (non-hydrogen) atoms. The summed E-state index contributed by atoms with van der Waals surface area (Å²) in [6.07, 6.45) is 2.97. The van der Waals surface area contributed by atoms with Crippen molar-refractivity contribution in [2.24, 2.45) is 0 Å². The maximum atomic E-state index is 10.2. The average Bonchev–Trinajstić information content (AvgIpc) is 3.27. The molecule has 1 atom stereocenters. The van der Waals surface area contributed by atoms with Gasteiger partial charge in [-0.1, -0.05) is 24.3 Å². The molecule has 8 heteroatoms. The lowest BCUT2D eigenvalue weighted by atomic mass is 10.1. The number of hydrogen-bond acceptors (Lipinski definition) is 7. The molecule has 0 aliphatic heterocycles. The molecule has 0 amide bonds. The van der Waals surface area contributed by atoms with Gasteiger partial charge in [-0.2, -0.15) is 5.10 Å². The molecule has 2 aromatic heterocycles. The molecule has 1 aliphatic carbocycles. The number of aromatic hydroxyl groups is 2. The van der Waals surface area contributed by atoms with Crippen molar-refractivity contribution < 1.29 is 10.2 Å². The quantitative estimate of drug-likeness (QED) is 0.406. The van der Waals surface area contributed by atoms with E-state index in [0.29, 0.717) is 34.1 Å². The van der Waals surface area contributed by atoms with E-state index in [1.807, 2.05) is 22.9 Å². The standard InChI is InChI=1S/C20H18N6O2/c21-18-17-19(24-13-5-1-2-6-16(13)28)25-26(20(17)23-10-22-18)14-9-8-12-11(14)4-3-7-15(12)27/h1-7,10,14,27-28H,8-9H2,(H,24,25)(H2,21,22,23). The van der Waals surface area contributed by atoms with Gasteiger partial charge in [-0.05, 0) is 42.2 Å². The highest BCUT2D eigenvalue weighted by molar-refractivity contribution is 5.97. The Kier molecular flexibility index (Phi) is 3.58. The van der Waals surface area contributed by atoms with E-state index in [2.05, 4.69) is 15.3 Å². The summed E-state index contributed by atoms with van der Waals surface area (Å²) >= 11 is 0. The van der Waals surface area contributed by atoms with E-state index in [9.17, 15) is 10.2 Å². The third-order valence-electron chi connectivity index (χ3n) is 5.18. The van der Waals surface area contributed by atoms with Gasteiger partial charge < -0.3 is 21.3 Å². The van der Waals surface area contributed by atoms with Crippen molar-refractivity contribution in [3.05, 3.63) is 59.9 Å². The van der Waals surface area contributed by atoms with Crippen molar-refractivity contribution in [3.63, 3.8) is 0 Å². The number of phenolic OH excluding ortho intramolecular Hbond substituents is 2. The van der Waals surface area contributed by atoms with Gasteiger partial charge in [0, 0.05) is 0 Å². The summed E-state index contributed by atoms with van der Waals surface area (Å²) in [7, 11) is 0. The predicted molar refractivity (Wildman–Crippen MR) is 106 cm³/mol. The molecule has 0 saturated heterocycles. The Bertz CT molecular complexity index is 1200. The summed E-state index contributed by atoms with van der Waals surface area (Å²) in [5.41, 5.74) is 9.21. The SMILES string of the molecule is Nc1ncnc2c1c(Nc1ccccc1O)nn2C1CCc2c(O)cccc21. The first-order valence-electron chi connectivity index (χ1n) is 8.98. The molecule has 0 spiro atoms. The number of benzene rings is 2. The number of anilines is 3. The molecule has 5 rings (SSSR count). The van der Waals surface area contributed by atoms with Crippen molar-refractivity contribution in [1.29, 1.82) is 0 Å². The van der Waals surface area contributed by atoms with E-state index in [1.54, 1.807) is 24.3 Å². The summed E-state index contributed by atoms with van der Waals surface area (Å²) in [5.74, 6) is 1.20. The van der Waals surface area contributed by atoms with E-state index < -0.39 is 0 Å². The molecule has 1 aliphatic rings. The van der Waals surface area contributed by atoms with Gasteiger partial charge in [0.05, 0.1) is 11.7 Å². The lowest BCUT2D eigenvalue weighted by Crippen LogP contribution is -2.10. The fourth-order valence-corrected chi connectivity index (χ4v) is 3.87. The molecule has 2 aromatic carbocycles. The zero-order valence-corrected chi connectivity index (χ0v) is 14.9. The van der Waals surface area contributed by atoms with E-state index >= 15 is 0 Å². The van der Waals surface area contributed by atoms with Gasteiger partial charge in [0.25, 0.3) is 0 Å². The normalized spacial score (nSPS) is 15.6. The van der Waals surface area contributed by atoms with Gasteiger partial charge in [0.2, 0.25) is 0 Å². The van der Waals surface area contributed by atoms with Crippen LogP contribution in [0.4, 0.5) is 17.3 Å². The minimum atomic E-state index is -0.0705. The molecule has 0 fully saturated rings. The topological polar surface area (TPSA) is 122 Å². The number of phenols is 2. The minimum Gasteiger partial charge on any atom is -0.508 e. The zero-order chi connectivity index (χ0) is 19.3. The van der Waals surface area contributed by atoms with Gasteiger partial charge in [-0.15, -0.1) is 0 Å². The number of fused-ring (bicyclic) bond motifs is 2. The fourth-order valence-electron chi connectivity index (χ4n) is 3.87. The molecule has 8 nitrogen and oxygen atoms in total. The van der Waals surface area contributed by atoms with Crippen LogP contribution in [0.25, 0.3) is 11.0 Å². The van der Waals surface area contributed by atoms with Crippen LogP contribution in [0, 0.1) is 0 Å². The Morgan fingerprint density at radius 3 is 2.71 bits per heavy atom. The Labute approximate surface area is 160 Å². The first kappa shape index (κ1) is 16.4. The van der Waals surface area contributed by atoms with Gasteiger partial charge >= 0.3 is 0 Å². The monoisotopic (exact) mass is 374 g/mol. The van der Waals surface area contributed by atoms with E-state index in [1.165, 1.54) is 6.33 Å². The maximum absolute atomic E-state index is 10.2. The first-order valence-corrected chi connectivity index (χ1v) is 8.98. The summed E-state index contributed by atoms with van der Waals surface area (Å²) in [6.45, 7) is 0. The average molecular weight is 374 g/mol. The maximum Gasteiger partial charge on any atom is 0.166 e.